The van der Waals surface area contributed by atoms with Crippen LogP contribution in [0.1, 0.15) is 25.0 Å². The topological polar surface area (TPSA) is 93.1 Å². The lowest BCUT2D eigenvalue weighted by Gasteiger charge is -2.13. The number of aryl methyl sites for hydroxylation is 1. The summed E-state index contributed by atoms with van der Waals surface area (Å²) in [6.07, 6.45) is 4.43. The maximum atomic E-state index is 13.1. The van der Waals surface area contributed by atoms with E-state index in [2.05, 4.69) is 15.6 Å². The van der Waals surface area contributed by atoms with Gasteiger partial charge in [-0.25, -0.2) is 4.98 Å². The SMILES string of the molecule is CSc1cccc(NC(=O)Cn2c(=O)c(CCC(=O)NC3CC3)nc3ccccc32)c1. The summed E-state index contributed by atoms with van der Waals surface area (Å²) in [6, 6.07) is 15.0. The molecule has 1 aromatic heterocycles. The van der Waals surface area contributed by atoms with E-state index in [1.807, 2.05) is 42.7 Å². The highest BCUT2D eigenvalue weighted by molar-refractivity contribution is 7.98. The molecule has 0 spiro atoms. The zero-order valence-electron chi connectivity index (χ0n) is 17.3. The van der Waals surface area contributed by atoms with Crippen LogP contribution in [0.5, 0.6) is 0 Å². The fourth-order valence-corrected chi connectivity index (χ4v) is 3.83. The van der Waals surface area contributed by atoms with E-state index >= 15 is 0 Å². The first-order chi connectivity index (χ1) is 15.0. The van der Waals surface area contributed by atoms with E-state index < -0.39 is 0 Å². The van der Waals surface area contributed by atoms with Crippen LogP contribution in [0.4, 0.5) is 5.69 Å². The molecule has 1 heterocycles. The van der Waals surface area contributed by atoms with Crippen LogP contribution in [-0.2, 0) is 22.6 Å². The fourth-order valence-electron chi connectivity index (χ4n) is 3.37. The number of carbonyl (C=O) groups excluding carboxylic acids is 2. The van der Waals surface area contributed by atoms with Crippen molar-refractivity contribution in [3.8, 4) is 0 Å². The summed E-state index contributed by atoms with van der Waals surface area (Å²) in [4.78, 5) is 43.4. The van der Waals surface area contributed by atoms with Gasteiger partial charge < -0.3 is 10.6 Å². The molecule has 0 saturated heterocycles. The Balaban J connectivity index is 1.56. The number of nitrogens with one attached hydrogen (secondary N) is 2. The Hall–Kier alpha value is -3.13. The van der Waals surface area contributed by atoms with Crippen LogP contribution >= 0.6 is 11.8 Å². The second-order valence-corrected chi connectivity index (χ2v) is 8.44. The number of hydrogen-bond donors (Lipinski definition) is 2. The maximum Gasteiger partial charge on any atom is 0.273 e. The Morgan fingerprint density at radius 1 is 1.13 bits per heavy atom. The third kappa shape index (κ3) is 5.32. The molecule has 0 radical (unpaired) electrons. The molecule has 1 aliphatic rings. The maximum absolute atomic E-state index is 13.1. The molecule has 2 amide bonds. The van der Waals surface area contributed by atoms with Crippen molar-refractivity contribution in [1.82, 2.24) is 14.9 Å². The quantitative estimate of drug-likeness (QED) is 0.530. The molecule has 8 heteroatoms. The number of para-hydroxylation sites is 2. The highest BCUT2D eigenvalue weighted by Crippen LogP contribution is 2.20. The van der Waals surface area contributed by atoms with Crippen molar-refractivity contribution in [3.63, 3.8) is 0 Å². The largest absolute Gasteiger partial charge is 0.353 e. The van der Waals surface area contributed by atoms with E-state index in [0.29, 0.717) is 22.4 Å². The van der Waals surface area contributed by atoms with Crippen LogP contribution in [0.25, 0.3) is 11.0 Å². The van der Waals surface area contributed by atoms with E-state index in [1.54, 1.807) is 23.9 Å². The molecule has 1 aliphatic carbocycles. The Kier molecular flexibility index (Phi) is 6.36. The first kappa shape index (κ1) is 21.1. The number of carbonyl (C=O) groups is 2. The van der Waals surface area contributed by atoms with Crippen molar-refractivity contribution in [2.75, 3.05) is 11.6 Å². The van der Waals surface area contributed by atoms with E-state index in [4.69, 9.17) is 0 Å². The number of nitrogens with zero attached hydrogens (tertiary/aromatic N) is 2. The minimum Gasteiger partial charge on any atom is -0.353 e. The van der Waals surface area contributed by atoms with Gasteiger partial charge in [0.25, 0.3) is 5.56 Å². The number of hydrogen-bond acceptors (Lipinski definition) is 5. The molecule has 0 atom stereocenters. The summed E-state index contributed by atoms with van der Waals surface area (Å²) < 4.78 is 1.43. The van der Waals surface area contributed by atoms with Crippen LogP contribution in [0.3, 0.4) is 0 Å². The van der Waals surface area contributed by atoms with E-state index in [1.165, 1.54) is 4.57 Å². The Morgan fingerprint density at radius 3 is 2.71 bits per heavy atom. The minimum absolute atomic E-state index is 0.0742. The van der Waals surface area contributed by atoms with Crippen LogP contribution in [-0.4, -0.2) is 33.7 Å². The Labute approximate surface area is 184 Å². The van der Waals surface area contributed by atoms with Gasteiger partial charge in [0.05, 0.1) is 11.0 Å². The number of benzene rings is 2. The Morgan fingerprint density at radius 2 is 1.94 bits per heavy atom. The third-order valence-electron chi connectivity index (χ3n) is 5.11. The van der Waals surface area contributed by atoms with Gasteiger partial charge in [-0.3, -0.25) is 19.0 Å². The molecule has 2 aromatic carbocycles. The molecule has 0 aliphatic heterocycles. The van der Waals surface area contributed by atoms with Crippen LogP contribution < -0.4 is 16.2 Å². The van der Waals surface area contributed by atoms with Crippen LogP contribution in [0.15, 0.2) is 58.2 Å². The highest BCUT2D eigenvalue weighted by atomic mass is 32.2. The first-order valence-electron chi connectivity index (χ1n) is 10.2. The summed E-state index contributed by atoms with van der Waals surface area (Å²) in [7, 11) is 0. The van der Waals surface area contributed by atoms with Gasteiger partial charge in [-0.1, -0.05) is 18.2 Å². The summed E-state index contributed by atoms with van der Waals surface area (Å²) in [5.74, 6) is -0.371. The zero-order chi connectivity index (χ0) is 21.8. The van der Waals surface area contributed by atoms with Gasteiger partial charge in [-0.15, -0.1) is 11.8 Å². The lowest BCUT2D eigenvalue weighted by atomic mass is 10.2. The molecule has 7 nitrogen and oxygen atoms in total. The monoisotopic (exact) mass is 436 g/mol. The minimum atomic E-state index is -0.342. The molecular weight excluding hydrogens is 412 g/mol. The van der Waals surface area contributed by atoms with Gasteiger partial charge in [-0.05, 0) is 49.4 Å². The normalized spacial score (nSPS) is 13.2. The predicted octanol–water partition coefficient (Wildman–Crippen LogP) is 2.97. The van der Waals surface area contributed by atoms with Gasteiger partial charge in [-0.2, -0.15) is 0 Å². The Bertz CT molecular complexity index is 1190. The second-order valence-electron chi connectivity index (χ2n) is 7.56. The van der Waals surface area contributed by atoms with Crippen LogP contribution in [0.2, 0.25) is 0 Å². The smallest absolute Gasteiger partial charge is 0.273 e. The molecule has 160 valence electrons. The molecule has 0 unspecified atom stereocenters. The second kappa shape index (κ2) is 9.34. The molecule has 0 bridgehead atoms. The van der Waals surface area contributed by atoms with Crippen molar-refractivity contribution in [2.24, 2.45) is 0 Å². The molecule has 2 N–H and O–H groups in total. The molecular formula is C23H24N4O3S. The number of aromatic nitrogens is 2. The lowest BCUT2D eigenvalue weighted by Crippen LogP contribution is -2.32. The van der Waals surface area contributed by atoms with Gasteiger partial charge in [0, 0.05) is 29.5 Å². The summed E-state index contributed by atoms with van der Waals surface area (Å²) in [5.41, 5.74) is 1.84. The van der Waals surface area contributed by atoms with Gasteiger partial charge in [0.1, 0.15) is 12.2 Å². The van der Waals surface area contributed by atoms with Gasteiger partial charge >= 0.3 is 0 Å². The number of thioether (sulfide) groups is 1. The average Bonchev–Trinajstić information content (AvgIpc) is 3.58. The standard InChI is InChI=1S/C23H24N4O3S/c1-31-17-6-4-5-16(13-17)25-22(29)14-27-20-8-3-2-7-18(20)26-19(23(27)30)11-12-21(28)24-15-9-10-15/h2-8,13,15H,9-12,14H2,1H3,(H,24,28)(H,25,29). The average molecular weight is 437 g/mol. The number of amides is 2. The van der Waals surface area contributed by atoms with Crippen molar-refractivity contribution < 1.29 is 9.59 Å². The van der Waals surface area contributed by atoms with Crippen molar-refractivity contribution in [1.29, 1.82) is 0 Å². The zero-order valence-corrected chi connectivity index (χ0v) is 18.1. The predicted molar refractivity (Wildman–Crippen MR) is 122 cm³/mol. The van der Waals surface area contributed by atoms with Gasteiger partial charge in [0.15, 0.2) is 0 Å². The number of fused-ring (bicyclic) bond motifs is 1. The molecule has 3 aromatic rings. The van der Waals surface area contributed by atoms with E-state index in [9.17, 15) is 14.4 Å². The van der Waals surface area contributed by atoms with E-state index in [0.717, 1.165) is 17.7 Å². The third-order valence-corrected chi connectivity index (χ3v) is 5.83. The molecule has 1 fully saturated rings. The number of rotatable bonds is 8. The summed E-state index contributed by atoms with van der Waals surface area (Å²) in [5, 5.41) is 5.78. The van der Waals surface area contributed by atoms with Crippen molar-refractivity contribution in [2.45, 2.75) is 43.2 Å². The lowest BCUT2D eigenvalue weighted by molar-refractivity contribution is -0.121. The van der Waals surface area contributed by atoms with Crippen LogP contribution in [0, 0.1) is 0 Å². The first-order valence-corrected chi connectivity index (χ1v) is 11.5. The highest BCUT2D eigenvalue weighted by Gasteiger charge is 2.23. The molecule has 4 rings (SSSR count). The van der Waals surface area contributed by atoms with E-state index in [-0.39, 0.29) is 42.8 Å². The fraction of sp³-hybridized carbons (Fsp3) is 0.304. The van der Waals surface area contributed by atoms with Gasteiger partial charge in [0.2, 0.25) is 11.8 Å². The summed E-state index contributed by atoms with van der Waals surface area (Å²) >= 11 is 1.59. The molecule has 1 saturated carbocycles. The van der Waals surface area contributed by atoms with Crippen molar-refractivity contribution in [3.05, 3.63) is 64.6 Å². The molecule has 31 heavy (non-hydrogen) atoms. The number of anilines is 1. The summed E-state index contributed by atoms with van der Waals surface area (Å²) in [6.45, 7) is -0.132. The van der Waals surface area contributed by atoms with Crippen molar-refractivity contribution >= 4 is 40.3 Å².